The van der Waals surface area contributed by atoms with Gasteiger partial charge in [0.15, 0.2) is 5.82 Å². The molecule has 0 spiro atoms. The van der Waals surface area contributed by atoms with Crippen LogP contribution in [-0.4, -0.2) is 45.6 Å². The normalized spacial score (nSPS) is 18.7. The van der Waals surface area contributed by atoms with E-state index in [2.05, 4.69) is 57.2 Å². The first kappa shape index (κ1) is 20.9. The fraction of sp³-hybridized carbons (Fsp3) is 0.500. The van der Waals surface area contributed by atoms with Gasteiger partial charge in [-0.2, -0.15) is 4.98 Å². The number of nitrogens with zero attached hydrogens (tertiary/aromatic N) is 4. The van der Waals surface area contributed by atoms with Gasteiger partial charge in [-0.3, -0.25) is 9.80 Å². The Bertz CT molecular complexity index is 595. The highest BCUT2D eigenvalue weighted by atomic mass is 35.5. The molecule has 1 atom stereocenters. The number of halogens is 2. The summed E-state index contributed by atoms with van der Waals surface area (Å²) in [6.45, 7) is 7.41. The summed E-state index contributed by atoms with van der Waals surface area (Å²) in [5, 5.41) is 3.98. The summed E-state index contributed by atoms with van der Waals surface area (Å²) in [5.41, 5.74) is 6.87. The second-order valence-electron chi connectivity index (χ2n) is 5.85. The topological polar surface area (TPSA) is 71.4 Å². The second-order valence-corrected chi connectivity index (χ2v) is 5.85. The van der Waals surface area contributed by atoms with Crippen molar-refractivity contribution in [3.05, 3.63) is 47.6 Å². The minimum Gasteiger partial charge on any atom is -0.338 e. The van der Waals surface area contributed by atoms with E-state index >= 15 is 0 Å². The first-order valence-electron chi connectivity index (χ1n) is 7.76. The van der Waals surface area contributed by atoms with E-state index < -0.39 is 0 Å². The van der Waals surface area contributed by atoms with E-state index in [1.54, 1.807) is 0 Å². The van der Waals surface area contributed by atoms with E-state index in [1.807, 2.05) is 0 Å². The molecular weight excluding hydrogens is 349 g/mol. The van der Waals surface area contributed by atoms with Crippen molar-refractivity contribution >= 4 is 24.8 Å². The van der Waals surface area contributed by atoms with Gasteiger partial charge in [0.25, 0.3) is 0 Å². The Morgan fingerprint density at radius 3 is 2.54 bits per heavy atom. The van der Waals surface area contributed by atoms with Crippen molar-refractivity contribution in [2.75, 3.05) is 19.6 Å². The van der Waals surface area contributed by atoms with Crippen LogP contribution < -0.4 is 5.73 Å². The Morgan fingerprint density at radius 1 is 1.17 bits per heavy atom. The molecule has 0 aliphatic carbocycles. The minimum atomic E-state index is 0. The SMILES string of the molecule is CC1CN(Cc2ccccc2)CCN1Cc1noc(CN)n1.Cl.Cl. The van der Waals surface area contributed by atoms with Gasteiger partial charge in [0.2, 0.25) is 5.89 Å². The van der Waals surface area contributed by atoms with Crippen LogP contribution in [0, 0.1) is 0 Å². The predicted octanol–water partition coefficient (Wildman–Crippen LogP) is 2.08. The quantitative estimate of drug-likeness (QED) is 0.864. The fourth-order valence-electron chi connectivity index (χ4n) is 2.91. The van der Waals surface area contributed by atoms with Gasteiger partial charge < -0.3 is 10.3 Å². The van der Waals surface area contributed by atoms with Crippen molar-refractivity contribution in [2.24, 2.45) is 5.73 Å². The summed E-state index contributed by atoms with van der Waals surface area (Å²) in [6, 6.07) is 11.1. The number of aromatic nitrogens is 2. The smallest absolute Gasteiger partial charge is 0.240 e. The van der Waals surface area contributed by atoms with Crippen LogP contribution in [-0.2, 0) is 19.6 Å². The van der Waals surface area contributed by atoms with E-state index in [-0.39, 0.29) is 24.8 Å². The molecule has 0 saturated carbocycles. The molecule has 1 aliphatic rings. The van der Waals surface area contributed by atoms with Crippen LogP contribution in [0.1, 0.15) is 24.2 Å². The van der Waals surface area contributed by atoms with Crippen LogP contribution in [0.25, 0.3) is 0 Å². The summed E-state index contributed by atoms with van der Waals surface area (Å²) in [6.07, 6.45) is 0. The Hall–Kier alpha value is -1.18. The van der Waals surface area contributed by atoms with Crippen molar-refractivity contribution in [1.29, 1.82) is 0 Å². The molecule has 134 valence electrons. The summed E-state index contributed by atoms with van der Waals surface area (Å²) in [4.78, 5) is 9.18. The third-order valence-corrected chi connectivity index (χ3v) is 4.13. The van der Waals surface area contributed by atoms with Crippen LogP contribution >= 0.6 is 24.8 Å². The van der Waals surface area contributed by atoms with Gasteiger partial charge in [0.05, 0.1) is 13.1 Å². The molecule has 2 heterocycles. The number of benzene rings is 1. The molecule has 1 aliphatic heterocycles. The van der Waals surface area contributed by atoms with Crippen LogP contribution in [0.4, 0.5) is 0 Å². The Kier molecular flexibility index (Phi) is 8.66. The molecule has 8 heteroatoms. The maximum absolute atomic E-state index is 5.50. The molecular formula is C16H25Cl2N5O. The van der Waals surface area contributed by atoms with Gasteiger partial charge in [-0.15, -0.1) is 24.8 Å². The molecule has 24 heavy (non-hydrogen) atoms. The van der Waals surface area contributed by atoms with Gasteiger partial charge in [-0.05, 0) is 12.5 Å². The third kappa shape index (κ3) is 5.43. The number of hydrogen-bond donors (Lipinski definition) is 1. The molecule has 1 fully saturated rings. The van der Waals surface area contributed by atoms with Crippen molar-refractivity contribution in [3.8, 4) is 0 Å². The van der Waals surface area contributed by atoms with Gasteiger partial charge in [-0.25, -0.2) is 0 Å². The Labute approximate surface area is 155 Å². The molecule has 1 aromatic carbocycles. The summed E-state index contributed by atoms with van der Waals surface area (Å²) in [5.74, 6) is 1.23. The average Bonchev–Trinajstić information content (AvgIpc) is 2.99. The predicted molar refractivity (Wildman–Crippen MR) is 98.3 cm³/mol. The maximum atomic E-state index is 5.50. The van der Waals surface area contributed by atoms with E-state index in [9.17, 15) is 0 Å². The highest BCUT2D eigenvalue weighted by Crippen LogP contribution is 2.15. The zero-order valence-electron chi connectivity index (χ0n) is 13.8. The lowest BCUT2D eigenvalue weighted by molar-refractivity contribution is 0.0708. The number of nitrogens with two attached hydrogens (primary N) is 1. The Balaban J connectivity index is 0.00000144. The van der Waals surface area contributed by atoms with E-state index in [4.69, 9.17) is 10.3 Å². The summed E-state index contributed by atoms with van der Waals surface area (Å²) >= 11 is 0. The highest BCUT2D eigenvalue weighted by molar-refractivity contribution is 5.85. The molecule has 0 bridgehead atoms. The largest absolute Gasteiger partial charge is 0.338 e. The maximum Gasteiger partial charge on any atom is 0.240 e. The first-order chi connectivity index (χ1) is 10.7. The van der Waals surface area contributed by atoms with Crippen LogP contribution in [0.5, 0.6) is 0 Å². The van der Waals surface area contributed by atoms with E-state index in [0.717, 1.165) is 38.5 Å². The van der Waals surface area contributed by atoms with Crippen LogP contribution in [0.15, 0.2) is 34.9 Å². The molecule has 0 amide bonds. The number of piperazine rings is 1. The molecule has 2 aromatic rings. The van der Waals surface area contributed by atoms with Gasteiger partial charge in [-0.1, -0.05) is 35.5 Å². The molecule has 2 N–H and O–H groups in total. The number of hydrogen-bond acceptors (Lipinski definition) is 6. The lowest BCUT2D eigenvalue weighted by Gasteiger charge is -2.39. The molecule has 0 radical (unpaired) electrons. The minimum absolute atomic E-state index is 0. The zero-order valence-corrected chi connectivity index (χ0v) is 15.4. The van der Waals surface area contributed by atoms with Gasteiger partial charge in [0.1, 0.15) is 0 Å². The lowest BCUT2D eigenvalue weighted by Crippen LogP contribution is -2.51. The summed E-state index contributed by atoms with van der Waals surface area (Å²) < 4.78 is 5.07. The Morgan fingerprint density at radius 2 is 1.92 bits per heavy atom. The molecule has 6 nitrogen and oxygen atoms in total. The number of rotatable bonds is 5. The van der Waals surface area contributed by atoms with Gasteiger partial charge in [0, 0.05) is 32.2 Å². The zero-order chi connectivity index (χ0) is 15.4. The van der Waals surface area contributed by atoms with E-state index in [1.165, 1.54) is 5.56 Å². The van der Waals surface area contributed by atoms with Crippen LogP contribution in [0.3, 0.4) is 0 Å². The molecule has 1 unspecified atom stereocenters. The summed E-state index contributed by atoms with van der Waals surface area (Å²) in [7, 11) is 0. The van der Waals surface area contributed by atoms with Crippen LogP contribution in [0.2, 0.25) is 0 Å². The second kappa shape index (κ2) is 9.96. The van der Waals surface area contributed by atoms with Crippen molar-refractivity contribution in [2.45, 2.75) is 32.6 Å². The fourth-order valence-corrected chi connectivity index (χ4v) is 2.91. The average molecular weight is 374 g/mol. The lowest BCUT2D eigenvalue weighted by atomic mass is 10.1. The van der Waals surface area contributed by atoms with E-state index in [0.29, 0.717) is 18.5 Å². The standard InChI is InChI=1S/C16H23N5O.2ClH/c1-13-10-20(11-14-5-3-2-4-6-14)7-8-21(13)12-15-18-16(9-17)22-19-15;;/h2-6,13H,7-12,17H2,1H3;2*1H. The molecule has 1 aromatic heterocycles. The third-order valence-electron chi connectivity index (χ3n) is 4.13. The monoisotopic (exact) mass is 373 g/mol. The first-order valence-corrected chi connectivity index (χ1v) is 7.76. The molecule has 3 rings (SSSR count). The van der Waals surface area contributed by atoms with Crippen molar-refractivity contribution in [1.82, 2.24) is 19.9 Å². The highest BCUT2D eigenvalue weighted by Gasteiger charge is 2.24. The molecule has 1 saturated heterocycles. The van der Waals surface area contributed by atoms with Gasteiger partial charge >= 0.3 is 0 Å². The van der Waals surface area contributed by atoms with Crippen molar-refractivity contribution in [3.63, 3.8) is 0 Å². The van der Waals surface area contributed by atoms with Crippen molar-refractivity contribution < 1.29 is 4.52 Å².